The molecule has 2 rings (SSSR count). The minimum absolute atomic E-state index is 0.0349. The van der Waals surface area contributed by atoms with Crippen molar-refractivity contribution in [3.8, 4) is 5.75 Å². The Bertz CT molecular complexity index is 717. The Morgan fingerprint density at radius 2 is 1.80 bits per heavy atom. The molecule has 0 aliphatic heterocycles. The zero-order valence-electron chi connectivity index (χ0n) is 10.0. The summed E-state index contributed by atoms with van der Waals surface area (Å²) < 4.78 is 29.8. The number of benzene rings is 2. The third-order valence-electron chi connectivity index (χ3n) is 2.49. The van der Waals surface area contributed by atoms with Crippen LogP contribution in [0.3, 0.4) is 0 Å². The van der Waals surface area contributed by atoms with Gasteiger partial charge in [-0.05, 0) is 74.4 Å². The molecule has 0 N–H and O–H groups in total. The average molecular weight is 488 g/mol. The first-order valence-electron chi connectivity index (χ1n) is 5.48. The number of halogens is 3. The molecule has 7 heteroatoms. The van der Waals surface area contributed by atoms with E-state index in [0.29, 0.717) is 16.8 Å². The second-order valence-corrected chi connectivity index (χ2v) is 8.61. The van der Waals surface area contributed by atoms with Crippen LogP contribution in [0.1, 0.15) is 5.56 Å². The van der Waals surface area contributed by atoms with Gasteiger partial charge in [-0.15, -0.1) is 0 Å². The molecular weight excluding hydrogens is 478 g/mol. The van der Waals surface area contributed by atoms with Gasteiger partial charge in [0.05, 0.1) is 9.37 Å². The molecule has 0 saturated heterocycles. The van der Waals surface area contributed by atoms with E-state index in [9.17, 15) is 8.42 Å². The van der Waals surface area contributed by atoms with Gasteiger partial charge in [-0.25, -0.2) is 8.42 Å². The average Bonchev–Trinajstić information content (AvgIpc) is 2.38. The standard InChI is InChI=1S/C13H9BrClIO3S/c14-12-7-11(20(15,17)18)5-6-13(12)19-8-9-1-3-10(16)4-2-9/h1-7H,8H2. The van der Waals surface area contributed by atoms with Crippen LogP contribution in [0.4, 0.5) is 0 Å². The predicted molar refractivity (Wildman–Crippen MR) is 90.7 cm³/mol. The monoisotopic (exact) mass is 486 g/mol. The van der Waals surface area contributed by atoms with Crippen LogP contribution < -0.4 is 4.74 Å². The minimum atomic E-state index is -3.73. The summed E-state index contributed by atoms with van der Waals surface area (Å²) in [5.41, 5.74) is 1.03. The Balaban J connectivity index is 2.12. The van der Waals surface area contributed by atoms with Gasteiger partial charge in [0.2, 0.25) is 0 Å². The maximum Gasteiger partial charge on any atom is 0.261 e. The lowest BCUT2D eigenvalue weighted by Gasteiger charge is -2.09. The van der Waals surface area contributed by atoms with E-state index in [1.54, 1.807) is 6.07 Å². The van der Waals surface area contributed by atoms with Crippen molar-refractivity contribution in [2.24, 2.45) is 0 Å². The Labute approximate surface area is 144 Å². The maximum absolute atomic E-state index is 11.2. The minimum Gasteiger partial charge on any atom is -0.488 e. The van der Waals surface area contributed by atoms with Crippen molar-refractivity contribution in [2.75, 3.05) is 0 Å². The summed E-state index contributed by atoms with van der Waals surface area (Å²) in [6, 6.07) is 12.4. The Hall–Kier alpha value is -0.310. The molecule has 0 aromatic heterocycles. The van der Waals surface area contributed by atoms with Crippen molar-refractivity contribution in [3.05, 3.63) is 56.1 Å². The third-order valence-corrected chi connectivity index (χ3v) is 5.18. The van der Waals surface area contributed by atoms with E-state index >= 15 is 0 Å². The number of hydrogen-bond acceptors (Lipinski definition) is 3. The second kappa shape index (κ2) is 6.64. The van der Waals surface area contributed by atoms with E-state index in [0.717, 1.165) is 9.13 Å². The largest absolute Gasteiger partial charge is 0.488 e. The molecule has 0 heterocycles. The van der Waals surface area contributed by atoms with Gasteiger partial charge in [0.1, 0.15) is 12.4 Å². The van der Waals surface area contributed by atoms with E-state index in [1.807, 2.05) is 24.3 Å². The number of hydrogen-bond donors (Lipinski definition) is 0. The summed E-state index contributed by atoms with van der Waals surface area (Å²) >= 11 is 5.51. The van der Waals surface area contributed by atoms with Crippen LogP contribution in [0.15, 0.2) is 51.8 Å². The second-order valence-electron chi connectivity index (χ2n) is 3.95. The maximum atomic E-state index is 11.2. The van der Waals surface area contributed by atoms with Crippen LogP contribution in [0.25, 0.3) is 0 Å². The van der Waals surface area contributed by atoms with Gasteiger partial charge >= 0.3 is 0 Å². The highest BCUT2D eigenvalue weighted by Gasteiger charge is 2.12. The van der Waals surface area contributed by atoms with Crippen LogP contribution in [0.5, 0.6) is 5.75 Å². The summed E-state index contributed by atoms with van der Waals surface area (Å²) in [7, 11) is 1.55. The first-order chi connectivity index (χ1) is 9.36. The smallest absolute Gasteiger partial charge is 0.261 e. The quantitative estimate of drug-likeness (QED) is 0.469. The zero-order valence-corrected chi connectivity index (χ0v) is 15.3. The molecule has 20 heavy (non-hydrogen) atoms. The van der Waals surface area contributed by atoms with Gasteiger partial charge in [0, 0.05) is 14.3 Å². The van der Waals surface area contributed by atoms with Gasteiger partial charge in [0.25, 0.3) is 9.05 Å². The van der Waals surface area contributed by atoms with Crippen molar-refractivity contribution in [2.45, 2.75) is 11.5 Å². The molecule has 0 radical (unpaired) electrons. The molecule has 0 amide bonds. The topological polar surface area (TPSA) is 43.4 Å². The molecule has 106 valence electrons. The van der Waals surface area contributed by atoms with Crippen molar-refractivity contribution >= 4 is 58.3 Å². The highest BCUT2D eigenvalue weighted by Crippen LogP contribution is 2.29. The molecule has 0 spiro atoms. The van der Waals surface area contributed by atoms with E-state index in [4.69, 9.17) is 15.4 Å². The summed E-state index contributed by atoms with van der Waals surface area (Å²) in [5.74, 6) is 0.563. The lowest BCUT2D eigenvalue weighted by molar-refractivity contribution is 0.304. The summed E-state index contributed by atoms with van der Waals surface area (Å²) in [6.07, 6.45) is 0. The molecule has 2 aromatic carbocycles. The highest BCUT2D eigenvalue weighted by atomic mass is 127. The predicted octanol–water partition coefficient (Wildman–Crippen LogP) is 4.56. The number of rotatable bonds is 4. The molecule has 0 fully saturated rings. The summed E-state index contributed by atoms with van der Waals surface area (Å²) in [6.45, 7) is 0.405. The van der Waals surface area contributed by atoms with E-state index in [2.05, 4.69) is 38.5 Å². The van der Waals surface area contributed by atoms with Gasteiger partial charge < -0.3 is 4.74 Å². The van der Waals surface area contributed by atoms with E-state index in [-0.39, 0.29) is 4.90 Å². The van der Waals surface area contributed by atoms with Crippen molar-refractivity contribution in [1.82, 2.24) is 0 Å². The fraction of sp³-hybridized carbons (Fsp3) is 0.0769. The van der Waals surface area contributed by atoms with Gasteiger partial charge in [-0.2, -0.15) is 0 Å². The molecule has 2 aromatic rings. The molecular formula is C13H9BrClIO3S. The van der Waals surface area contributed by atoms with Crippen LogP contribution in [0.2, 0.25) is 0 Å². The van der Waals surface area contributed by atoms with Gasteiger partial charge in [-0.3, -0.25) is 0 Å². The Morgan fingerprint density at radius 3 is 2.35 bits per heavy atom. The Kier molecular flexibility index (Phi) is 5.33. The normalized spacial score (nSPS) is 11.3. The van der Waals surface area contributed by atoms with Crippen LogP contribution in [0, 0.1) is 3.57 Å². The van der Waals surface area contributed by atoms with Crippen molar-refractivity contribution in [3.63, 3.8) is 0 Å². The SMILES string of the molecule is O=S(=O)(Cl)c1ccc(OCc2ccc(I)cc2)c(Br)c1. The van der Waals surface area contributed by atoms with Crippen molar-refractivity contribution < 1.29 is 13.2 Å². The molecule has 0 aliphatic rings. The lowest BCUT2D eigenvalue weighted by Crippen LogP contribution is -1.97. The molecule has 0 saturated carbocycles. The van der Waals surface area contributed by atoms with Crippen LogP contribution in [-0.2, 0) is 15.7 Å². The fourth-order valence-electron chi connectivity index (χ4n) is 1.49. The molecule has 0 unspecified atom stereocenters. The zero-order chi connectivity index (χ0) is 14.8. The third kappa shape index (κ3) is 4.34. The van der Waals surface area contributed by atoms with Gasteiger partial charge in [-0.1, -0.05) is 12.1 Å². The van der Waals surface area contributed by atoms with Crippen molar-refractivity contribution in [1.29, 1.82) is 0 Å². The Morgan fingerprint density at radius 1 is 1.15 bits per heavy atom. The van der Waals surface area contributed by atoms with Gasteiger partial charge in [0.15, 0.2) is 0 Å². The molecule has 0 aliphatic carbocycles. The summed E-state index contributed by atoms with van der Waals surface area (Å²) in [5, 5.41) is 0. The molecule has 0 bridgehead atoms. The summed E-state index contributed by atoms with van der Waals surface area (Å²) in [4.78, 5) is 0.0349. The fourth-order valence-corrected chi connectivity index (χ4v) is 3.27. The van der Waals surface area contributed by atoms with E-state index in [1.165, 1.54) is 12.1 Å². The van der Waals surface area contributed by atoms with Crippen LogP contribution in [-0.4, -0.2) is 8.42 Å². The highest BCUT2D eigenvalue weighted by molar-refractivity contribution is 14.1. The number of ether oxygens (including phenoxy) is 1. The first-order valence-corrected chi connectivity index (χ1v) is 9.66. The van der Waals surface area contributed by atoms with E-state index < -0.39 is 9.05 Å². The molecule has 3 nitrogen and oxygen atoms in total. The lowest BCUT2D eigenvalue weighted by atomic mass is 10.2. The molecule has 0 atom stereocenters. The van der Waals surface area contributed by atoms with Crippen LogP contribution >= 0.6 is 49.2 Å². The first kappa shape index (κ1) is 16.1.